The monoisotopic (exact) mass is 465 g/mol. The van der Waals surface area contributed by atoms with Gasteiger partial charge in [0.25, 0.3) is 5.91 Å². The van der Waals surface area contributed by atoms with E-state index in [9.17, 15) is 18.0 Å². The molecule has 1 saturated carbocycles. The minimum atomic E-state index is -4.56. The van der Waals surface area contributed by atoms with E-state index in [-0.39, 0.29) is 17.4 Å². The predicted octanol–water partition coefficient (Wildman–Crippen LogP) is 4.37. The van der Waals surface area contributed by atoms with Gasteiger partial charge in [0.1, 0.15) is 5.82 Å². The summed E-state index contributed by atoms with van der Waals surface area (Å²) in [5.74, 6) is 0.110. The molecule has 0 saturated heterocycles. The zero-order valence-electron chi connectivity index (χ0n) is 19.7. The summed E-state index contributed by atoms with van der Waals surface area (Å²) in [6.07, 6.45) is 3.33. The number of nitrogens with one attached hydrogen (secondary N) is 2. The fourth-order valence-corrected chi connectivity index (χ4v) is 3.91. The maximum absolute atomic E-state index is 13.1. The summed E-state index contributed by atoms with van der Waals surface area (Å²) in [6.45, 7) is 8.58. The van der Waals surface area contributed by atoms with Gasteiger partial charge in [0.05, 0.1) is 11.1 Å². The molecule has 0 radical (unpaired) electrons. The van der Waals surface area contributed by atoms with Gasteiger partial charge in [-0.1, -0.05) is 6.58 Å². The number of hydrogen-bond acceptors (Lipinski definition) is 5. The molecule has 182 valence electrons. The van der Waals surface area contributed by atoms with Crippen LogP contribution in [0, 0.1) is 5.92 Å². The van der Waals surface area contributed by atoms with Crippen molar-refractivity contribution in [3.63, 3.8) is 0 Å². The molecule has 1 aromatic heterocycles. The lowest BCUT2D eigenvalue weighted by molar-refractivity contribution is -0.137. The van der Waals surface area contributed by atoms with Crippen LogP contribution in [0.3, 0.4) is 0 Å². The molecule has 1 aliphatic rings. The number of nitrogens with zero attached hydrogens (tertiary/aromatic N) is 2. The molecule has 33 heavy (non-hydrogen) atoms. The quantitative estimate of drug-likeness (QED) is 0.497. The van der Waals surface area contributed by atoms with Crippen LogP contribution in [0.1, 0.15) is 55.5 Å². The number of pyridine rings is 1. The van der Waals surface area contributed by atoms with E-state index in [0.29, 0.717) is 5.92 Å². The normalized spacial score (nSPS) is 19.7. The lowest BCUT2D eigenvalue weighted by Gasteiger charge is -2.30. The van der Waals surface area contributed by atoms with Gasteiger partial charge in [-0.2, -0.15) is 13.2 Å². The van der Waals surface area contributed by atoms with Crippen LogP contribution in [0.2, 0.25) is 0 Å². The molecule has 4 N–H and O–H groups in total. The molecule has 0 unspecified atom stereocenters. The van der Waals surface area contributed by atoms with Gasteiger partial charge in [-0.25, -0.2) is 4.98 Å². The average Bonchev–Trinajstić information content (AvgIpc) is 2.71. The lowest BCUT2D eigenvalue weighted by Crippen LogP contribution is -2.39. The summed E-state index contributed by atoms with van der Waals surface area (Å²) < 4.78 is 39.3. The van der Waals surface area contributed by atoms with Crippen molar-refractivity contribution in [1.29, 1.82) is 0 Å². The van der Waals surface area contributed by atoms with Crippen LogP contribution in [0.15, 0.2) is 48.0 Å². The molecule has 0 spiro atoms. The first-order chi connectivity index (χ1) is 15.4. The lowest BCUT2D eigenvalue weighted by atomic mass is 9.86. The SMILES string of the molecule is C=C(/C=C(C)\C=C(\C)N)NC[C@H]1CC[C@H](NC(=O)c2cc(C(F)(F)F)cnc2N(C)C)CC1. The molecule has 1 aliphatic carbocycles. The van der Waals surface area contributed by atoms with Gasteiger partial charge >= 0.3 is 6.18 Å². The van der Waals surface area contributed by atoms with E-state index in [1.165, 1.54) is 4.90 Å². The van der Waals surface area contributed by atoms with Crippen LogP contribution in [0.25, 0.3) is 0 Å². The largest absolute Gasteiger partial charge is 0.417 e. The maximum atomic E-state index is 13.1. The summed E-state index contributed by atoms with van der Waals surface area (Å²) in [5, 5.41) is 6.23. The van der Waals surface area contributed by atoms with Crippen molar-refractivity contribution < 1.29 is 18.0 Å². The van der Waals surface area contributed by atoms with E-state index in [0.717, 1.165) is 61.5 Å². The third-order valence-electron chi connectivity index (χ3n) is 5.52. The van der Waals surface area contributed by atoms with Gasteiger partial charge in [-0.3, -0.25) is 4.79 Å². The number of hydrogen-bond donors (Lipinski definition) is 3. The number of rotatable bonds is 8. The number of anilines is 1. The predicted molar refractivity (Wildman–Crippen MR) is 126 cm³/mol. The van der Waals surface area contributed by atoms with Gasteiger partial charge in [0.2, 0.25) is 0 Å². The van der Waals surface area contributed by atoms with Crippen molar-refractivity contribution in [3.05, 3.63) is 59.1 Å². The number of amides is 1. The Bertz CT molecular complexity index is 909. The van der Waals surface area contributed by atoms with Crippen molar-refractivity contribution in [2.45, 2.75) is 51.7 Å². The zero-order chi connectivity index (χ0) is 24.8. The second kappa shape index (κ2) is 11.2. The molecule has 2 rings (SSSR count). The minimum absolute atomic E-state index is 0.0705. The second-order valence-corrected chi connectivity index (χ2v) is 8.86. The number of carbonyl (C=O) groups excluding carboxylic acids is 1. The van der Waals surface area contributed by atoms with Gasteiger partial charge in [-0.15, -0.1) is 0 Å². The number of alkyl halides is 3. The van der Waals surface area contributed by atoms with Crippen LogP contribution in [-0.4, -0.2) is 37.6 Å². The van der Waals surface area contributed by atoms with Gasteiger partial charge in [0.15, 0.2) is 0 Å². The number of aromatic nitrogens is 1. The molecule has 1 heterocycles. The second-order valence-electron chi connectivity index (χ2n) is 8.86. The number of halogens is 3. The van der Waals surface area contributed by atoms with E-state index in [1.54, 1.807) is 14.1 Å². The number of nitrogens with two attached hydrogens (primary N) is 1. The van der Waals surface area contributed by atoms with Gasteiger partial charge in [0, 0.05) is 44.3 Å². The van der Waals surface area contributed by atoms with Gasteiger partial charge < -0.3 is 21.3 Å². The first-order valence-corrected chi connectivity index (χ1v) is 11.0. The molecule has 6 nitrogen and oxygen atoms in total. The van der Waals surface area contributed by atoms with Crippen molar-refractivity contribution in [3.8, 4) is 0 Å². The molecule has 0 aromatic carbocycles. The number of allylic oxidation sites excluding steroid dienone is 4. The topological polar surface area (TPSA) is 83.3 Å². The fraction of sp³-hybridized carbons (Fsp3) is 0.500. The molecular formula is C24H34F3N5O. The van der Waals surface area contributed by atoms with Gasteiger partial charge in [-0.05, 0) is 69.2 Å². The highest BCUT2D eigenvalue weighted by Crippen LogP contribution is 2.31. The Balaban J connectivity index is 1.92. The highest BCUT2D eigenvalue weighted by molar-refractivity contribution is 5.99. The summed E-state index contributed by atoms with van der Waals surface area (Å²) in [4.78, 5) is 18.2. The molecule has 0 atom stereocenters. The highest BCUT2D eigenvalue weighted by atomic mass is 19.4. The van der Waals surface area contributed by atoms with Crippen LogP contribution in [-0.2, 0) is 6.18 Å². The molecule has 0 bridgehead atoms. The fourth-order valence-electron chi connectivity index (χ4n) is 3.91. The van der Waals surface area contributed by atoms with E-state index in [1.807, 2.05) is 26.0 Å². The summed E-state index contributed by atoms with van der Waals surface area (Å²) >= 11 is 0. The summed E-state index contributed by atoms with van der Waals surface area (Å²) in [5.41, 5.74) is 7.23. The molecule has 0 aliphatic heterocycles. The van der Waals surface area contributed by atoms with E-state index >= 15 is 0 Å². The molecule has 9 heteroatoms. The Morgan fingerprint density at radius 1 is 1.24 bits per heavy atom. The molecular weight excluding hydrogens is 431 g/mol. The Kier molecular flexibility index (Phi) is 8.96. The van der Waals surface area contributed by atoms with Crippen molar-refractivity contribution >= 4 is 11.7 Å². The third kappa shape index (κ3) is 8.14. The van der Waals surface area contributed by atoms with Crippen LogP contribution >= 0.6 is 0 Å². The van der Waals surface area contributed by atoms with Crippen LogP contribution in [0.5, 0.6) is 0 Å². The van der Waals surface area contributed by atoms with Crippen molar-refractivity contribution in [2.24, 2.45) is 11.7 Å². The summed E-state index contributed by atoms with van der Waals surface area (Å²) in [6, 6.07) is 0.789. The Morgan fingerprint density at radius 3 is 2.42 bits per heavy atom. The standard InChI is InChI=1S/C24H34F3N5O/c1-15(10-16(2)28)11-17(3)29-13-18-6-8-20(9-7-18)31-23(33)21-12-19(24(25,26)27)14-30-22(21)32(4)5/h10-12,14,18,20,29H,3,6-9,13,28H2,1-2,4-5H3,(H,31,33)/b15-11-,16-10-/t18-,20-. The molecule has 1 amide bonds. The Morgan fingerprint density at radius 2 is 1.88 bits per heavy atom. The van der Waals surface area contributed by atoms with E-state index < -0.39 is 17.6 Å². The van der Waals surface area contributed by atoms with E-state index in [4.69, 9.17) is 5.73 Å². The average molecular weight is 466 g/mol. The molecule has 1 aromatic rings. The van der Waals surface area contributed by atoms with Crippen LogP contribution in [0.4, 0.5) is 19.0 Å². The van der Waals surface area contributed by atoms with E-state index in [2.05, 4.69) is 22.2 Å². The minimum Gasteiger partial charge on any atom is -0.402 e. The van der Waals surface area contributed by atoms with Crippen molar-refractivity contribution in [1.82, 2.24) is 15.6 Å². The smallest absolute Gasteiger partial charge is 0.402 e. The highest BCUT2D eigenvalue weighted by Gasteiger charge is 2.33. The Hall–Kier alpha value is -2.97. The number of carbonyl (C=O) groups is 1. The van der Waals surface area contributed by atoms with Crippen molar-refractivity contribution in [2.75, 3.05) is 25.5 Å². The first kappa shape index (κ1) is 26.3. The zero-order valence-corrected chi connectivity index (χ0v) is 19.7. The van der Waals surface area contributed by atoms with Crippen LogP contribution < -0.4 is 21.3 Å². The first-order valence-electron chi connectivity index (χ1n) is 11.0. The summed E-state index contributed by atoms with van der Waals surface area (Å²) in [7, 11) is 3.28. The third-order valence-corrected chi connectivity index (χ3v) is 5.52. The Labute approximate surface area is 193 Å². The maximum Gasteiger partial charge on any atom is 0.417 e. The molecule has 1 fully saturated rings.